The van der Waals surface area contributed by atoms with Crippen molar-refractivity contribution in [1.29, 1.82) is 5.41 Å². The molecule has 0 fully saturated rings. The van der Waals surface area contributed by atoms with Crippen molar-refractivity contribution >= 4 is 5.84 Å². The summed E-state index contributed by atoms with van der Waals surface area (Å²) in [5.74, 6) is 1.38. The van der Waals surface area contributed by atoms with E-state index in [0.717, 1.165) is 6.42 Å². The van der Waals surface area contributed by atoms with Gasteiger partial charge in [0.1, 0.15) is 17.3 Å². The monoisotopic (exact) mass is 250 g/mol. The van der Waals surface area contributed by atoms with E-state index >= 15 is 0 Å². The summed E-state index contributed by atoms with van der Waals surface area (Å²) < 4.78 is 10.8. The quantitative estimate of drug-likeness (QED) is 0.423. The first kappa shape index (κ1) is 14.4. The zero-order valence-corrected chi connectivity index (χ0v) is 11.2. The van der Waals surface area contributed by atoms with Crippen LogP contribution in [0.5, 0.6) is 11.5 Å². The van der Waals surface area contributed by atoms with Crippen LogP contribution in [0.25, 0.3) is 0 Å². The summed E-state index contributed by atoms with van der Waals surface area (Å²) in [6.45, 7) is 2.87. The summed E-state index contributed by atoms with van der Waals surface area (Å²) in [4.78, 5) is 0. The van der Waals surface area contributed by atoms with Gasteiger partial charge in [-0.2, -0.15) is 0 Å². The number of unbranched alkanes of at least 4 members (excludes halogenated alkanes) is 3. The number of nitrogens with two attached hydrogens (primary N) is 1. The number of methoxy groups -OCH3 is 1. The summed E-state index contributed by atoms with van der Waals surface area (Å²) in [5, 5.41) is 7.44. The second-order valence-corrected chi connectivity index (χ2v) is 4.22. The molecule has 0 aliphatic heterocycles. The molecule has 0 aliphatic rings. The topological polar surface area (TPSA) is 68.3 Å². The van der Waals surface area contributed by atoms with Crippen LogP contribution in [0.1, 0.15) is 38.2 Å². The molecule has 0 aliphatic carbocycles. The lowest BCUT2D eigenvalue weighted by Crippen LogP contribution is -2.11. The largest absolute Gasteiger partial charge is 0.497 e. The Kier molecular flexibility index (Phi) is 6.05. The third-order valence-electron chi connectivity index (χ3n) is 2.69. The summed E-state index contributed by atoms with van der Waals surface area (Å²) in [5.41, 5.74) is 6.10. The molecule has 0 aromatic heterocycles. The number of nitrogens with one attached hydrogen (secondary N) is 1. The first-order chi connectivity index (χ1) is 8.67. The zero-order chi connectivity index (χ0) is 13.4. The summed E-state index contributed by atoms with van der Waals surface area (Å²) >= 11 is 0. The van der Waals surface area contributed by atoms with E-state index in [1.807, 2.05) is 6.07 Å². The molecule has 0 radical (unpaired) electrons. The Labute approximate surface area is 109 Å². The molecule has 1 rings (SSSR count). The molecule has 0 saturated carbocycles. The number of rotatable bonds is 8. The number of hydrogen-bond acceptors (Lipinski definition) is 3. The lowest BCUT2D eigenvalue weighted by atomic mass is 10.2. The van der Waals surface area contributed by atoms with Crippen LogP contribution >= 0.6 is 0 Å². The maximum atomic E-state index is 7.44. The SMILES string of the molecule is CCCCCCOc1cc(OC)cc(C(=N)N)c1. The van der Waals surface area contributed by atoms with Crippen molar-refractivity contribution in [1.82, 2.24) is 0 Å². The van der Waals surface area contributed by atoms with Crippen LogP contribution in [0.2, 0.25) is 0 Å². The van der Waals surface area contributed by atoms with Crippen LogP contribution in [0.3, 0.4) is 0 Å². The molecule has 0 unspecified atom stereocenters. The van der Waals surface area contributed by atoms with Crippen LogP contribution < -0.4 is 15.2 Å². The average Bonchev–Trinajstić information content (AvgIpc) is 2.38. The molecular weight excluding hydrogens is 228 g/mol. The Morgan fingerprint density at radius 1 is 1.17 bits per heavy atom. The molecule has 1 aromatic carbocycles. The van der Waals surface area contributed by atoms with Crippen molar-refractivity contribution < 1.29 is 9.47 Å². The van der Waals surface area contributed by atoms with Gasteiger partial charge in [-0.3, -0.25) is 5.41 Å². The summed E-state index contributed by atoms with van der Waals surface area (Å²) in [7, 11) is 1.59. The van der Waals surface area contributed by atoms with Crippen molar-refractivity contribution in [3.63, 3.8) is 0 Å². The number of hydrogen-bond donors (Lipinski definition) is 2. The predicted octanol–water partition coefficient (Wildman–Crippen LogP) is 2.94. The van der Waals surface area contributed by atoms with Gasteiger partial charge in [-0.05, 0) is 18.6 Å². The molecule has 0 atom stereocenters. The summed E-state index contributed by atoms with van der Waals surface area (Å²) in [6, 6.07) is 5.31. The van der Waals surface area contributed by atoms with Gasteiger partial charge in [0.2, 0.25) is 0 Å². The van der Waals surface area contributed by atoms with Gasteiger partial charge in [0, 0.05) is 11.6 Å². The van der Waals surface area contributed by atoms with Crippen molar-refractivity contribution in [2.75, 3.05) is 13.7 Å². The van der Waals surface area contributed by atoms with Gasteiger partial charge in [-0.15, -0.1) is 0 Å². The molecule has 3 N–H and O–H groups in total. The maximum absolute atomic E-state index is 7.44. The van der Waals surface area contributed by atoms with Gasteiger partial charge in [0.05, 0.1) is 13.7 Å². The Bertz CT molecular complexity index is 391. The first-order valence-corrected chi connectivity index (χ1v) is 6.33. The van der Waals surface area contributed by atoms with Crippen LogP contribution in [0.4, 0.5) is 0 Å². The fraction of sp³-hybridized carbons (Fsp3) is 0.500. The van der Waals surface area contributed by atoms with E-state index in [-0.39, 0.29) is 5.84 Å². The third-order valence-corrected chi connectivity index (χ3v) is 2.69. The summed E-state index contributed by atoms with van der Waals surface area (Å²) in [6.07, 6.45) is 4.67. The molecule has 0 bridgehead atoms. The molecule has 0 saturated heterocycles. The van der Waals surface area contributed by atoms with E-state index in [2.05, 4.69) is 6.92 Å². The Hall–Kier alpha value is -1.71. The second kappa shape index (κ2) is 7.58. The normalized spacial score (nSPS) is 10.1. The molecule has 0 heterocycles. The Balaban J connectivity index is 2.58. The molecule has 1 aromatic rings. The van der Waals surface area contributed by atoms with Gasteiger partial charge in [-0.1, -0.05) is 26.2 Å². The smallest absolute Gasteiger partial charge is 0.123 e. The fourth-order valence-electron chi connectivity index (χ4n) is 1.65. The highest BCUT2D eigenvalue weighted by molar-refractivity contribution is 5.95. The molecule has 4 nitrogen and oxygen atoms in total. The van der Waals surface area contributed by atoms with Crippen LogP contribution in [0.15, 0.2) is 18.2 Å². The lowest BCUT2D eigenvalue weighted by molar-refractivity contribution is 0.302. The number of amidine groups is 1. The van der Waals surface area contributed by atoms with E-state index in [1.165, 1.54) is 19.3 Å². The van der Waals surface area contributed by atoms with Gasteiger partial charge in [0.15, 0.2) is 0 Å². The zero-order valence-electron chi connectivity index (χ0n) is 11.2. The van der Waals surface area contributed by atoms with E-state index in [1.54, 1.807) is 19.2 Å². The molecule has 18 heavy (non-hydrogen) atoms. The van der Waals surface area contributed by atoms with Gasteiger partial charge in [-0.25, -0.2) is 0 Å². The second-order valence-electron chi connectivity index (χ2n) is 4.22. The lowest BCUT2D eigenvalue weighted by Gasteiger charge is -2.10. The standard InChI is InChI=1S/C14H22N2O2/c1-3-4-5-6-7-18-13-9-11(14(15)16)8-12(10-13)17-2/h8-10H,3-7H2,1-2H3,(H3,15,16). The molecule has 0 spiro atoms. The van der Waals surface area contributed by atoms with E-state index in [4.69, 9.17) is 20.6 Å². The van der Waals surface area contributed by atoms with E-state index < -0.39 is 0 Å². The van der Waals surface area contributed by atoms with E-state index in [9.17, 15) is 0 Å². The van der Waals surface area contributed by atoms with Gasteiger partial charge >= 0.3 is 0 Å². The maximum Gasteiger partial charge on any atom is 0.123 e. The minimum absolute atomic E-state index is 0.0183. The fourth-order valence-corrected chi connectivity index (χ4v) is 1.65. The third kappa shape index (κ3) is 4.65. The predicted molar refractivity (Wildman–Crippen MR) is 73.6 cm³/mol. The van der Waals surface area contributed by atoms with Crippen molar-refractivity contribution in [2.24, 2.45) is 5.73 Å². The highest BCUT2D eigenvalue weighted by Crippen LogP contribution is 2.22. The van der Waals surface area contributed by atoms with E-state index in [0.29, 0.717) is 23.7 Å². The van der Waals surface area contributed by atoms with Crippen LogP contribution in [0, 0.1) is 5.41 Å². The molecule has 4 heteroatoms. The average molecular weight is 250 g/mol. The number of benzene rings is 1. The van der Waals surface area contributed by atoms with Crippen LogP contribution in [-0.2, 0) is 0 Å². The van der Waals surface area contributed by atoms with Crippen LogP contribution in [-0.4, -0.2) is 19.6 Å². The van der Waals surface area contributed by atoms with Crippen molar-refractivity contribution in [3.8, 4) is 11.5 Å². The minimum Gasteiger partial charge on any atom is -0.497 e. The Morgan fingerprint density at radius 3 is 2.50 bits per heavy atom. The highest BCUT2D eigenvalue weighted by atomic mass is 16.5. The number of ether oxygens (including phenoxy) is 2. The van der Waals surface area contributed by atoms with Gasteiger partial charge in [0.25, 0.3) is 0 Å². The molecule has 100 valence electrons. The number of nitrogen functional groups attached to an aromatic ring is 1. The molecular formula is C14H22N2O2. The van der Waals surface area contributed by atoms with Gasteiger partial charge < -0.3 is 15.2 Å². The Morgan fingerprint density at radius 2 is 1.89 bits per heavy atom. The molecule has 0 amide bonds. The highest BCUT2D eigenvalue weighted by Gasteiger charge is 2.04. The van der Waals surface area contributed by atoms with Crippen molar-refractivity contribution in [3.05, 3.63) is 23.8 Å². The van der Waals surface area contributed by atoms with Crippen molar-refractivity contribution in [2.45, 2.75) is 32.6 Å². The first-order valence-electron chi connectivity index (χ1n) is 6.33. The minimum atomic E-state index is 0.0183.